The number of esters is 2. The zero-order valence-electron chi connectivity index (χ0n) is 14.9. The second-order valence-electron chi connectivity index (χ2n) is 4.01. The molecule has 0 atom stereocenters. The van der Waals surface area contributed by atoms with Gasteiger partial charge in [-0.1, -0.05) is 32.6 Å². The molecule has 0 bridgehead atoms. The third-order valence-corrected chi connectivity index (χ3v) is 2.41. The first kappa shape index (κ1) is 30.9. The molecule has 9 heteroatoms. The fourth-order valence-corrected chi connectivity index (χ4v) is 0.983. The molecule has 134 valence electrons. The van der Waals surface area contributed by atoms with Crippen molar-refractivity contribution in [2.75, 3.05) is 19.5 Å². The fraction of sp³-hybridized carbons (Fsp3) is 0.467. The van der Waals surface area contributed by atoms with Gasteiger partial charge in [0.2, 0.25) is 0 Å². The van der Waals surface area contributed by atoms with Gasteiger partial charge < -0.3 is 14.0 Å². The Hall–Kier alpha value is -0.930. The van der Waals surface area contributed by atoms with E-state index in [9.17, 15) is 22.6 Å². The number of rotatable bonds is 7. The molecule has 0 rings (SSSR count). The van der Waals surface area contributed by atoms with E-state index in [0.29, 0.717) is 12.2 Å². The maximum absolute atomic E-state index is 10.3. The number of unbranched alkanes of at least 4 members (excludes halogenated alkanes) is 1. The molecule has 0 saturated carbocycles. The molecule has 0 aliphatic rings. The van der Waals surface area contributed by atoms with Crippen LogP contribution in [0.15, 0.2) is 37.5 Å². The van der Waals surface area contributed by atoms with Crippen molar-refractivity contribution in [1.82, 2.24) is 0 Å². The Morgan fingerprint density at radius 3 is 1.92 bits per heavy atom. The van der Waals surface area contributed by atoms with Gasteiger partial charge in [0.1, 0.15) is 0 Å². The van der Waals surface area contributed by atoms with Gasteiger partial charge in [-0.3, -0.25) is 0 Å². The van der Waals surface area contributed by atoms with Crippen molar-refractivity contribution >= 4 is 22.1 Å². The molecular formula is C15H25NaO7S. The summed E-state index contributed by atoms with van der Waals surface area (Å²) in [7, 11) is -2.71. The summed E-state index contributed by atoms with van der Waals surface area (Å²) in [6.45, 7) is 13.8. The van der Waals surface area contributed by atoms with Crippen LogP contribution in [0.4, 0.5) is 0 Å². The third kappa shape index (κ3) is 32.9. The Bertz CT molecular complexity index is 484. The van der Waals surface area contributed by atoms with Crippen molar-refractivity contribution in [3.8, 4) is 0 Å². The minimum absolute atomic E-state index is 0. The van der Waals surface area contributed by atoms with E-state index < -0.39 is 15.9 Å². The van der Waals surface area contributed by atoms with Crippen molar-refractivity contribution in [1.29, 1.82) is 0 Å². The molecule has 0 aromatic rings. The molecule has 0 unspecified atom stereocenters. The smallest absolute Gasteiger partial charge is 0.748 e. The Kier molecular flexibility index (Phi) is 25.9. The largest absolute Gasteiger partial charge is 1.00 e. The first-order valence-corrected chi connectivity index (χ1v) is 8.20. The molecule has 7 nitrogen and oxygen atoms in total. The van der Waals surface area contributed by atoms with Crippen molar-refractivity contribution < 1.29 is 61.6 Å². The van der Waals surface area contributed by atoms with Gasteiger partial charge in [0.05, 0.1) is 29.6 Å². The number of ether oxygens (including phenoxy) is 2. The molecule has 0 radical (unpaired) electrons. The van der Waals surface area contributed by atoms with Crippen LogP contribution in [0.25, 0.3) is 0 Å². The van der Waals surface area contributed by atoms with Gasteiger partial charge in [-0.05, 0) is 13.3 Å². The Balaban J connectivity index is -0.000000124. The molecule has 0 aromatic carbocycles. The first-order chi connectivity index (χ1) is 10.5. The summed E-state index contributed by atoms with van der Waals surface area (Å²) in [6, 6.07) is 0. The summed E-state index contributed by atoms with van der Waals surface area (Å²) in [5.74, 6) is -1.16. The van der Waals surface area contributed by atoms with Crippen LogP contribution in [0.2, 0.25) is 0 Å². The van der Waals surface area contributed by atoms with Crippen LogP contribution in [0.5, 0.6) is 0 Å². The second-order valence-corrected chi connectivity index (χ2v) is 5.46. The van der Waals surface area contributed by atoms with Gasteiger partial charge in [0.25, 0.3) is 0 Å². The van der Waals surface area contributed by atoms with Gasteiger partial charge in [0, 0.05) is 11.6 Å². The number of methoxy groups -OCH3 is 1. The predicted molar refractivity (Wildman–Crippen MR) is 87.7 cm³/mol. The zero-order chi connectivity index (χ0) is 18.9. The monoisotopic (exact) mass is 372 g/mol. The van der Waals surface area contributed by atoms with Crippen molar-refractivity contribution in [3.05, 3.63) is 37.5 Å². The summed E-state index contributed by atoms with van der Waals surface area (Å²) in [6.07, 6.45) is 4.21. The Morgan fingerprint density at radius 2 is 1.75 bits per heavy atom. The maximum Gasteiger partial charge on any atom is 1.00 e. The molecule has 0 spiro atoms. The molecule has 0 fully saturated rings. The van der Waals surface area contributed by atoms with E-state index in [1.165, 1.54) is 13.2 Å². The summed E-state index contributed by atoms with van der Waals surface area (Å²) in [4.78, 5) is 20.5. The Labute approximate surface area is 166 Å². The van der Waals surface area contributed by atoms with Crippen molar-refractivity contribution in [2.45, 2.75) is 26.7 Å². The zero-order valence-corrected chi connectivity index (χ0v) is 17.7. The normalized spacial score (nSPS) is 8.67. The molecule has 0 amide bonds. The van der Waals surface area contributed by atoms with Crippen LogP contribution in [-0.4, -0.2) is 44.4 Å². The standard InChI is InChI=1S/C7H12O2.C5H8O2.C3H6O3S.Na/c1-3-5-6-9-7(8)4-2;1-4(2)5(6)7-3;1-2-3-7(4,5)6;/h4H,2-3,5-6H2,1H3;1H2,2-3H3;2H,1,3H2,(H,4,5,6);/q;;;+1/p-1. The molecule has 24 heavy (non-hydrogen) atoms. The van der Waals surface area contributed by atoms with Crippen LogP contribution >= 0.6 is 0 Å². The van der Waals surface area contributed by atoms with Crippen LogP contribution in [0.3, 0.4) is 0 Å². The molecule has 0 N–H and O–H groups in total. The molecule has 0 saturated heterocycles. The van der Waals surface area contributed by atoms with Crippen LogP contribution in [-0.2, 0) is 29.2 Å². The first-order valence-electron chi connectivity index (χ1n) is 6.63. The fourth-order valence-electron chi connectivity index (χ4n) is 0.695. The minimum atomic E-state index is -4.04. The summed E-state index contributed by atoms with van der Waals surface area (Å²) < 4.78 is 37.8. The van der Waals surface area contributed by atoms with Crippen LogP contribution in [0, 0.1) is 0 Å². The van der Waals surface area contributed by atoms with Gasteiger partial charge >= 0.3 is 41.5 Å². The van der Waals surface area contributed by atoms with Gasteiger partial charge in [-0.2, -0.15) is 0 Å². The summed E-state index contributed by atoms with van der Waals surface area (Å²) >= 11 is 0. The van der Waals surface area contributed by atoms with Crippen LogP contribution in [0.1, 0.15) is 26.7 Å². The SMILES string of the molecule is C=C(C)C(=O)OC.C=CC(=O)OCCCC.C=CCS(=O)(=O)[O-].[Na+]. The number of hydrogen-bond acceptors (Lipinski definition) is 7. The van der Waals surface area contributed by atoms with Crippen molar-refractivity contribution in [3.63, 3.8) is 0 Å². The van der Waals surface area contributed by atoms with Crippen LogP contribution < -0.4 is 29.6 Å². The van der Waals surface area contributed by atoms with E-state index >= 15 is 0 Å². The molecule has 0 aliphatic heterocycles. The van der Waals surface area contributed by atoms with E-state index in [4.69, 9.17) is 0 Å². The molecule has 0 aliphatic carbocycles. The minimum Gasteiger partial charge on any atom is -0.748 e. The average Bonchev–Trinajstić information content (AvgIpc) is 2.46. The van der Waals surface area contributed by atoms with E-state index in [1.807, 2.05) is 6.92 Å². The van der Waals surface area contributed by atoms with E-state index in [0.717, 1.165) is 18.9 Å². The topological polar surface area (TPSA) is 110 Å². The van der Waals surface area contributed by atoms with Gasteiger partial charge in [-0.15, -0.1) is 6.58 Å². The number of carbonyl (C=O) groups excluding carboxylic acids is 2. The van der Waals surface area contributed by atoms with E-state index in [1.54, 1.807) is 6.92 Å². The summed E-state index contributed by atoms with van der Waals surface area (Å²) in [5, 5.41) is 0. The predicted octanol–water partition coefficient (Wildman–Crippen LogP) is -1.03. The number of hydrogen-bond donors (Lipinski definition) is 0. The molecular weight excluding hydrogens is 347 g/mol. The second kappa shape index (κ2) is 20.1. The van der Waals surface area contributed by atoms with Crippen molar-refractivity contribution in [2.24, 2.45) is 0 Å². The number of carbonyl (C=O) groups is 2. The van der Waals surface area contributed by atoms with Gasteiger partial charge in [-0.25, -0.2) is 18.0 Å². The summed E-state index contributed by atoms with van der Waals surface area (Å²) in [5.41, 5.74) is 0.433. The van der Waals surface area contributed by atoms with Gasteiger partial charge in [0.15, 0.2) is 0 Å². The third-order valence-electron chi connectivity index (χ3n) is 1.76. The van der Waals surface area contributed by atoms with E-state index in [-0.39, 0.29) is 41.5 Å². The Morgan fingerprint density at radius 1 is 1.25 bits per heavy atom. The quantitative estimate of drug-likeness (QED) is 0.140. The average molecular weight is 372 g/mol. The van der Waals surface area contributed by atoms with E-state index in [2.05, 4.69) is 29.2 Å². The molecule has 0 heterocycles. The maximum atomic E-state index is 10.3. The molecule has 0 aromatic heterocycles.